The Morgan fingerprint density at radius 2 is 2.10 bits per heavy atom. The first-order chi connectivity index (χ1) is 14.0. The molecular weight excluding hydrogens is 374 g/mol. The fourth-order valence-electron chi connectivity index (χ4n) is 4.24. The summed E-state index contributed by atoms with van der Waals surface area (Å²) < 4.78 is 1.43. The molecule has 9 heteroatoms. The van der Waals surface area contributed by atoms with Gasteiger partial charge < -0.3 is 4.90 Å². The standard InChI is InChI=1S/C20H27N5O4/c1-3-18(26)23-9-4-6-16(23)15-12-17-21-13(2)14(20(28)25(17)22-15)7-8-19(27)24-10-5-11-29-24/h12,16,22H,3-11H2,1-2H3. The molecule has 4 rings (SSSR count). The molecule has 1 unspecified atom stereocenters. The lowest BCUT2D eigenvalue weighted by molar-refractivity contribution is -0.168. The molecule has 2 fully saturated rings. The third-order valence-electron chi connectivity index (χ3n) is 5.79. The average Bonchev–Trinajstić information content (AvgIpc) is 3.46. The fraction of sp³-hybridized carbons (Fsp3) is 0.600. The molecule has 0 radical (unpaired) electrons. The summed E-state index contributed by atoms with van der Waals surface area (Å²) in [7, 11) is 0. The fourth-order valence-corrected chi connectivity index (χ4v) is 4.24. The number of carbonyl (C=O) groups is 2. The zero-order valence-corrected chi connectivity index (χ0v) is 16.9. The summed E-state index contributed by atoms with van der Waals surface area (Å²) in [5, 5.41) is 4.53. The van der Waals surface area contributed by atoms with Gasteiger partial charge in [-0.25, -0.2) is 14.6 Å². The number of aryl methyl sites for hydroxylation is 1. The first kappa shape index (κ1) is 19.6. The van der Waals surface area contributed by atoms with Crippen molar-refractivity contribution in [2.24, 2.45) is 0 Å². The van der Waals surface area contributed by atoms with Gasteiger partial charge in [-0.05, 0) is 32.6 Å². The van der Waals surface area contributed by atoms with Gasteiger partial charge in [0.2, 0.25) is 11.8 Å². The molecule has 1 N–H and O–H groups in total. The van der Waals surface area contributed by atoms with E-state index in [2.05, 4.69) is 10.1 Å². The van der Waals surface area contributed by atoms with Crippen LogP contribution in [0.4, 0.5) is 0 Å². The van der Waals surface area contributed by atoms with Gasteiger partial charge >= 0.3 is 0 Å². The number of hydrogen-bond acceptors (Lipinski definition) is 5. The largest absolute Gasteiger partial charge is 0.334 e. The number of nitrogens with one attached hydrogen (secondary N) is 1. The molecule has 2 amide bonds. The van der Waals surface area contributed by atoms with Crippen LogP contribution in [0.25, 0.3) is 5.65 Å². The quantitative estimate of drug-likeness (QED) is 0.818. The van der Waals surface area contributed by atoms with Crippen molar-refractivity contribution in [1.82, 2.24) is 24.6 Å². The summed E-state index contributed by atoms with van der Waals surface area (Å²) in [6.07, 6.45) is 3.64. The lowest BCUT2D eigenvalue weighted by Crippen LogP contribution is -2.30. The molecule has 0 spiro atoms. The number of hydrogen-bond donors (Lipinski definition) is 1. The maximum Gasteiger partial charge on any atom is 0.276 e. The second kappa shape index (κ2) is 7.98. The average molecular weight is 401 g/mol. The number of carbonyl (C=O) groups excluding carboxylic acids is 2. The summed E-state index contributed by atoms with van der Waals surface area (Å²) in [5.74, 6) is 0.00391. The van der Waals surface area contributed by atoms with Crippen molar-refractivity contribution < 1.29 is 14.4 Å². The summed E-state index contributed by atoms with van der Waals surface area (Å²) >= 11 is 0. The molecule has 2 saturated heterocycles. The maximum absolute atomic E-state index is 13.0. The molecule has 9 nitrogen and oxygen atoms in total. The van der Waals surface area contributed by atoms with Crippen LogP contribution in [0.1, 0.15) is 62.0 Å². The van der Waals surface area contributed by atoms with Crippen LogP contribution in [0.3, 0.4) is 0 Å². The minimum atomic E-state index is -0.194. The van der Waals surface area contributed by atoms with Gasteiger partial charge in [-0.3, -0.25) is 24.3 Å². The van der Waals surface area contributed by atoms with E-state index < -0.39 is 0 Å². The van der Waals surface area contributed by atoms with Crippen molar-refractivity contribution in [3.05, 3.63) is 33.4 Å². The minimum Gasteiger partial charge on any atom is -0.334 e. The lowest BCUT2D eigenvalue weighted by Gasteiger charge is -2.23. The van der Waals surface area contributed by atoms with Gasteiger partial charge in [0, 0.05) is 36.7 Å². The van der Waals surface area contributed by atoms with Crippen molar-refractivity contribution in [3.8, 4) is 0 Å². The maximum atomic E-state index is 13.0. The third kappa shape index (κ3) is 3.66. The molecular formula is C20H27N5O4. The molecule has 2 aliphatic rings. The smallest absolute Gasteiger partial charge is 0.276 e. The molecule has 2 aromatic heterocycles. The van der Waals surface area contributed by atoms with E-state index in [1.807, 2.05) is 17.9 Å². The highest BCUT2D eigenvalue weighted by Crippen LogP contribution is 2.31. The van der Waals surface area contributed by atoms with Gasteiger partial charge in [0.1, 0.15) is 0 Å². The molecule has 0 bridgehead atoms. The lowest BCUT2D eigenvalue weighted by atomic mass is 10.1. The molecule has 0 saturated carbocycles. The van der Waals surface area contributed by atoms with E-state index in [4.69, 9.17) is 4.84 Å². The number of fused-ring (bicyclic) bond motifs is 1. The topological polar surface area (TPSA) is 100 Å². The van der Waals surface area contributed by atoms with Gasteiger partial charge in [0.15, 0.2) is 5.65 Å². The zero-order valence-electron chi connectivity index (χ0n) is 16.9. The predicted molar refractivity (Wildman–Crippen MR) is 105 cm³/mol. The molecule has 4 heterocycles. The zero-order chi connectivity index (χ0) is 20.5. The normalized spacial score (nSPS) is 19.4. The second-order valence-electron chi connectivity index (χ2n) is 7.67. The van der Waals surface area contributed by atoms with E-state index in [0.717, 1.165) is 31.5 Å². The van der Waals surface area contributed by atoms with Crippen LogP contribution >= 0.6 is 0 Å². The van der Waals surface area contributed by atoms with E-state index in [1.165, 1.54) is 9.58 Å². The second-order valence-corrected chi connectivity index (χ2v) is 7.67. The third-order valence-corrected chi connectivity index (χ3v) is 5.79. The minimum absolute atomic E-state index is 0.0544. The van der Waals surface area contributed by atoms with Crippen molar-refractivity contribution in [1.29, 1.82) is 0 Å². The molecule has 2 aromatic rings. The van der Waals surface area contributed by atoms with E-state index in [-0.39, 0.29) is 29.8 Å². The van der Waals surface area contributed by atoms with Crippen molar-refractivity contribution >= 4 is 17.5 Å². The number of rotatable bonds is 5. The van der Waals surface area contributed by atoms with Gasteiger partial charge in [0.25, 0.3) is 5.56 Å². The molecule has 1 atom stereocenters. The van der Waals surface area contributed by atoms with Crippen molar-refractivity contribution in [2.75, 3.05) is 19.7 Å². The number of aromatic amines is 1. The molecule has 29 heavy (non-hydrogen) atoms. The van der Waals surface area contributed by atoms with Crippen LogP contribution in [0, 0.1) is 6.92 Å². The number of likely N-dealkylation sites (tertiary alicyclic amines) is 1. The Morgan fingerprint density at radius 3 is 2.83 bits per heavy atom. The van der Waals surface area contributed by atoms with E-state index in [1.54, 1.807) is 6.92 Å². The van der Waals surface area contributed by atoms with Gasteiger partial charge in [-0.15, -0.1) is 0 Å². The Morgan fingerprint density at radius 1 is 1.28 bits per heavy atom. The Balaban J connectivity index is 1.59. The first-order valence-corrected chi connectivity index (χ1v) is 10.3. The van der Waals surface area contributed by atoms with E-state index in [0.29, 0.717) is 42.9 Å². The highest BCUT2D eigenvalue weighted by molar-refractivity contribution is 5.76. The molecule has 156 valence electrons. The summed E-state index contributed by atoms with van der Waals surface area (Å²) in [5.41, 5.74) is 2.32. The molecule has 2 aliphatic heterocycles. The highest BCUT2D eigenvalue weighted by Gasteiger charge is 2.31. The van der Waals surface area contributed by atoms with Gasteiger partial charge in [0.05, 0.1) is 24.9 Å². The van der Waals surface area contributed by atoms with E-state index in [9.17, 15) is 14.4 Å². The van der Waals surface area contributed by atoms with Crippen LogP contribution in [0.15, 0.2) is 10.9 Å². The number of amides is 2. The van der Waals surface area contributed by atoms with Gasteiger partial charge in [-0.1, -0.05) is 6.92 Å². The molecule has 0 aromatic carbocycles. The van der Waals surface area contributed by atoms with Crippen LogP contribution in [0.2, 0.25) is 0 Å². The van der Waals surface area contributed by atoms with Crippen LogP contribution in [-0.2, 0) is 20.8 Å². The summed E-state index contributed by atoms with van der Waals surface area (Å²) in [4.78, 5) is 49.2. The van der Waals surface area contributed by atoms with Crippen LogP contribution < -0.4 is 5.56 Å². The van der Waals surface area contributed by atoms with Gasteiger partial charge in [-0.2, -0.15) is 0 Å². The summed E-state index contributed by atoms with van der Waals surface area (Å²) in [6, 6.07) is 1.80. The van der Waals surface area contributed by atoms with E-state index >= 15 is 0 Å². The summed E-state index contributed by atoms with van der Waals surface area (Å²) in [6.45, 7) is 5.55. The number of H-pyrrole nitrogens is 1. The van der Waals surface area contributed by atoms with Crippen LogP contribution in [-0.4, -0.2) is 56.1 Å². The number of aromatic nitrogens is 3. The number of nitrogens with zero attached hydrogens (tertiary/aromatic N) is 4. The van der Waals surface area contributed by atoms with Crippen LogP contribution in [0.5, 0.6) is 0 Å². The van der Waals surface area contributed by atoms with Crippen molar-refractivity contribution in [2.45, 2.75) is 58.4 Å². The Hall–Kier alpha value is -2.68. The van der Waals surface area contributed by atoms with Crippen molar-refractivity contribution in [3.63, 3.8) is 0 Å². The Labute approximate surface area is 168 Å². The number of hydroxylamine groups is 2. The Kier molecular flexibility index (Phi) is 5.40. The SMILES string of the molecule is CCC(=O)N1CCCC1c1cc2nc(C)c(CCC(=O)N3CCCO3)c(=O)n2[nH]1. The monoisotopic (exact) mass is 401 g/mol. The predicted octanol–water partition coefficient (Wildman–Crippen LogP) is 1.50. The highest BCUT2D eigenvalue weighted by atomic mass is 16.7. The first-order valence-electron chi connectivity index (χ1n) is 10.3. The molecule has 0 aliphatic carbocycles. The Bertz CT molecular complexity index is 989.